The second-order valence-electron chi connectivity index (χ2n) is 15.1. The Bertz CT molecular complexity index is 1790. The number of hydrogen-bond acceptors (Lipinski definition) is 16. The van der Waals surface area contributed by atoms with E-state index in [1.807, 2.05) is 0 Å². The Kier molecular flexibility index (Phi) is 21.3. The van der Waals surface area contributed by atoms with Crippen LogP contribution in [0.4, 0.5) is 4.39 Å². The summed E-state index contributed by atoms with van der Waals surface area (Å²) in [5, 5.41) is 74.5. The first-order valence-corrected chi connectivity index (χ1v) is 19.6. The van der Waals surface area contributed by atoms with Crippen LogP contribution in [-0.4, -0.2) is 160 Å². The topological polar surface area (TPSA) is 394 Å². The quantitative estimate of drug-likeness (QED) is 0.0374. The van der Waals surface area contributed by atoms with Crippen LogP contribution < -0.4 is 21.7 Å². The van der Waals surface area contributed by atoms with Gasteiger partial charge in [-0.05, 0) is 25.2 Å². The Morgan fingerprint density at radius 2 is 1.45 bits per heavy atom. The molecular formula is C37H54FN7O17. The van der Waals surface area contributed by atoms with Gasteiger partial charge in [0.15, 0.2) is 17.3 Å². The number of halogens is 1. The number of ketones is 3. The maximum absolute atomic E-state index is 13.7. The summed E-state index contributed by atoms with van der Waals surface area (Å²) < 4.78 is 19.1. The van der Waals surface area contributed by atoms with Gasteiger partial charge in [0.05, 0.1) is 43.2 Å². The first-order chi connectivity index (χ1) is 29.0. The van der Waals surface area contributed by atoms with E-state index in [0.717, 1.165) is 4.68 Å². The molecule has 2 heterocycles. The molecular weight excluding hydrogens is 832 g/mol. The summed E-state index contributed by atoms with van der Waals surface area (Å²) in [6.45, 7) is 1.52. The van der Waals surface area contributed by atoms with Gasteiger partial charge in [-0.15, -0.1) is 5.10 Å². The minimum absolute atomic E-state index is 0.195. The summed E-state index contributed by atoms with van der Waals surface area (Å²) in [7, 11) is 0. The van der Waals surface area contributed by atoms with Crippen molar-refractivity contribution < 1.29 is 87.7 Å². The zero-order chi connectivity index (χ0) is 46.8. The molecule has 0 radical (unpaired) electrons. The van der Waals surface area contributed by atoms with E-state index in [4.69, 9.17) is 10.5 Å². The molecule has 0 spiro atoms. The van der Waals surface area contributed by atoms with Gasteiger partial charge in [-0.25, -0.2) is 4.68 Å². The SMILES string of the molecule is CC(C)[C@H](CC(=O)[C@H](CCC(=O)O)NC(=O)[C@H](CC(=O)O)CC(=O)C1OC(CNC(=O)Cn2cc(CCC[18F])nn2)C(O)C(O)C1O)C(=O)N[C@@H](CC(=O)O)C(=O)CCC(N)=O. The maximum Gasteiger partial charge on any atom is 0.305 e. The highest BCUT2D eigenvalue weighted by molar-refractivity contribution is 5.97. The predicted octanol–water partition coefficient (Wildman–Crippen LogP) is -3.43. The van der Waals surface area contributed by atoms with E-state index in [-0.39, 0.29) is 19.4 Å². The van der Waals surface area contributed by atoms with E-state index in [1.165, 1.54) is 20.0 Å². The van der Waals surface area contributed by atoms with Crippen molar-refractivity contribution in [1.29, 1.82) is 0 Å². The summed E-state index contributed by atoms with van der Waals surface area (Å²) in [5.41, 5.74) is 5.49. The Labute approximate surface area is 353 Å². The first-order valence-electron chi connectivity index (χ1n) is 19.6. The molecule has 9 atom stereocenters. The molecule has 0 bridgehead atoms. The fraction of sp³-hybridized carbons (Fsp3) is 0.676. The number of primary amides is 1. The summed E-state index contributed by atoms with van der Waals surface area (Å²) >= 11 is 0. The highest BCUT2D eigenvalue weighted by Crippen LogP contribution is 2.25. The number of nitrogens with one attached hydrogen (secondary N) is 3. The molecule has 2 rings (SSSR count). The minimum Gasteiger partial charge on any atom is -0.481 e. The van der Waals surface area contributed by atoms with Crippen LogP contribution in [0.15, 0.2) is 6.20 Å². The highest BCUT2D eigenvalue weighted by atomic mass is 18.2. The number of rotatable bonds is 29. The molecule has 0 saturated carbocycles. The molecule has 1 aliphatic heterocycles. The van der Waals surface area contributed by atoms with E-state index in [0.29, 0.717) is 5.69 Å². The summed E-state index contributed by atoms with van der Waals surface area (Å²) in [6, 6.07) is -3.30. The number of nitrogens with two attached hydrogens (primary N) is 1. The zero-order valence-electron chi connectivity index (χ0n) is 34.0. The number of carbonyl (C=O) groups excluding carboxylic acids is 7. The number of carboxylic acid groups (broad SMARTS) is 3. The molecule has 1 aromatic heterocycles. The van der Waals surface area contributed by atoms with Crippen LogP contribution in [0.3, 0.4) is 0 Å². The summed E-state index contributed by atoms with van der Waals surface area (Å²) in [6.07, 6.45) is -13.4. The molecule has 1 saturated heterocycles. The number of carboxylic acids is 3. The molecule has 4 amide bonds. The second-order valence-corrected chi connectivity index (χ2v) is 15.1. The molecule has 24 nitrogen and oxygen atoms in total. The molecule has 5 unspecified atom stereocenters. The number of ether oxygens (including phenoxy) is 1. The number of aliphatic carboxylic acids is 3. The van der Waals surface area contributed by atoms with Gasteiger partial charge in [-0.1, -0.05) is 19.1 Å². The minimum atomic E-state index is -2.10. The van der Waals surface area contributed by atoms with E-state index >= 15 is 0 Å². The van der Waals surface area contributed by atoms with Crippen LogP contribution >= 0.6 is 0 Å². The van der Waals surface area contributed by atoms with Crippen LogP contribution in [-0.2, 0) is 65.6 Å². The van der Waals surface area contributed by atoms with Gasteiger partial charge >= 0.3 is 17.9 Å². The third-order valence-electron chi connectivity index (χ3n) is 9.84. The number of nitrogens with zero attached hydrogens (tertiary/aromatic N) is 3. The van der Waals surface area contributed by atoms with Gasteiger partial charge in [-0.2, -0.15) is 0 Å². The molecule has 11 N–H and O–H groups in total. The van der Waals surface area contributed by atoms with Crippen molar-refractivity contribution >= 4 is 58.9 Å². The van der Waals surface area contributed by atoms with Crippen molar-refractivity contribution in [2.45, 2.75) is 127 Å². The lowest BCUT2D eigenvalue weighted by atomic mass is 9.86. The fourth-order valence-corrected chi connectivity index (χ4v) is 6.39. The summed E-state index contributed by atoms with van der Waals surface area (Å²) in [4.78, 5) is 125. The van der Waals surface area contributed by atoms with Crippen molar-refractivity contribution in [2.75, 3.05) is 13.2 Å². The molecule has 0 aliphatic carbocycles. The van der Waals surface area contributed by atoms with Crippen LogP contribution in [0.25, 0.3) is 0 Å². The van der Waals surface area contributed by atoms with Crippen LogP contribution in [0.2, 0.25) is 0 Å². The number of aromatic nitrogens is 3. The number of carbonyl (C=O) groups is 10. The lowest BCUT2D eigenvalue weighted by molar-refractivity contribution is -0.218. The van der Waals surface area contributed by atoms with Crippen LogP contribution in [0, 0.1) is 17.8 Å². The fourth-order valence-electron chi connectivity index (χ4n) is 6.39. The molecule has 1 aromatic rings. The van der Waals surface area contributed by atoms with E-state index in [9.17, 15) is 83.0 Å². The van der Waals surface area contributed by atoms with Gasteiger partial charge in [-0.3, -0.25) is 52.3 Å². The standard InChI is InChI=1S/C37H54FN7O17/c1-17(2)20(37(61)42-22(13-31(55)56)23(46)6-7-27(39)49)12-24(47)21(5-8-29(51)52)41-36(60)18(11-30(53)54)10-25(48)35-34(59)33(58)32(57)26(62-35)14-40-28(50)16-45-15-19(43-44-45)4-3-9-38/h15,17-18,20-22,26,32-35,57-59H,3-14,16H2,1-2H3,(H2,39,49)(H,40,50)(H,41,60)(H,42,61)(H,51,52)(H,53,54)(H,55,56)/t18-,20-,21-,22-,26?,32?,33?,34?,35?/m0/s1/i38-1. The van der Waals surface area contributed by atoms with Gasteiger partial charge in [0.1, 0.15) is 37.1 Å². The average Bonchev–Trinajstić information content (AvgIpc) is 3.63. The van der Waals surface area contributed by atoms with Crippen molar-refractivity contribution in [2.24, 2.45) is 23.5 Å². The second kappa shape index (κ2) is 25.2. The summed E-state index contributed by atoms with van der Waals surface area (Å²) in [5.74, 6) is -14.9. The monoisotopic (exact) mass is 886 g/mol. The Balaban J connectivity index is 2.23. The van der Waals surface area contributed by atoms with Gasteiger partial charge < -0.3 is 57.1 Å². The van der Waals surface area contributed by atoms with Crippen molar-refractivity contribution in [1.82, 2.24) is 30.9 Å². The Morgan fingerprint density at radius 1 is 0.806 bits per heavy atom. The van der Waals surface area contributed by atoms with Crippen LogP contribution in [0.5, 0.6) is 0 Å². The lowest BCUT2D eigenvalue weighted by Gasteiger charge is -2.40. The van der Waals surface area contributed by atoms with E-state index in [1.54, 1.807) is 0 Å². The Hall–Kier alpha value is -5.79. The number of alkyl halides is 1. The molecule has 0 aromatic carbocycles. The number of aliphatic hydroxyl groups is 3. The number of aryl methyl sites for hydroxylation is 1. The number of Topliss-reactive ketones (excluding diaryl/α,β-unsaturated/α-hetero) is 3. The normalized spacial score (nSPS) is 20.5. The van der Waals surface area contributed by atoms with Crippen molar-refractivity contribution in [3.63, 3.8) is 0 Å². The average molecular weight is 887 g/mol. The molecule has 346 valence electrons. The van der Waals surface area contributed by atoms with Gasteiger partial charge in [0, 0.05) is 50.8 Å². The molecule has 62 heavy (non-hydrogen) atoms. The Morgan fingerprint density at radius 3 is 2.03 bits per heavy atom. The molecule has 1 fully saturated rings. The largest absolute Gasteiger partial charge is 0.481 e. The highest BCUT2D eigenvalue weighted by Gasteiger charge is 2.47. The van der Waals surface area contributed by atoms with E-state index < -0.39 is 184 Å². The van der Waals surface area contributed by atoms with Crippen LogP contribution in [0.1, 0.15) is 77.3 Å². The first kappa shape index (κ1) is 52.3. The van der Waals surface area contributed by atoms with Crippen molar-refractivity contribution in [3.05, 3.63) is 11.9 Å². The number of aliphatic hydroxyl groups excluding tert-OH is 3. The van der Waals surface area contributed by atoms with E-state index in [2.05, 4.69) is 26.3 Å². The third-order valence-corrected chi connectivity index (χ3v) is 9.84. The smallest absolute Gasteiger partial charge is 0.305 e. The number of hydrogen-bond donors (Lipinski definition) is 10. The zero-order valence-corrected chi connectivity index (χ0v) is 34.0. The third kappa shape index (κ3) is 17.3. The molecule has 1 aliphatic rings. The lowest BCUT2D eigenvalue weighted by Crippen LogP contribution is -2.62. The van der Waals surface area contributed by atoms with Crippen molar-refractivity contribution in [3.8, 4) is 0 Å². The van der Waals surface area contributed by atoms with Gasteiger partial charge in [0.25, 0.3) is 0 Å². The number of amides is 4. The van der Waals surface area contributed by atoms with Gasteiger partial charge in [0.2, 0.25) is 23.6 Å². The predicted molar refractivity (Wildman–Crippen MR) is 204 cm³/mol. The maximum atomic E-state index is 13.7. The molecule has 25 heteroatoms.